The van der Waals surface area contributed by atoms with Gasteiger partial charge in [-0.1, -0.05) is 20.3 Å². The summed E-state index contributed by atoms with van der Waals surface area (Å²) in [7, 11) is 0. The van der Waals surface area contributed by atoms with E-state index in [1.165, 1.54) is 24.8 Å². The van der Waals surface area contributed by atoms with Crippen LogP contribution in [0.1, 0.15) is 63.0 Å². The molecule has 1 aromatic heterocycles. The highest BCUT2D eigenvalue weighted by molar-refractivity contribution is 5.85. The Kier molecular flexibility index (Phi) is 3.64. The first-order valence-electron chi connectivity index (χ1n) is 7.89. The maximum atomic E-state index is 11.7. The van der Waals surface area contributed by atoms with E-state index in [1.54, 1.807) is 0 Å². The minimum atomic E-state index is -0.751. The summed E-state index contributed by atoms with van der Waals surface area (Å²) in [6.45, 7) is 4.72. The Labute approximate surface area is 125 Å². The number of ether oxygens (including phenoxy) is 1. The lowest BCUT2D eigenvalue weighted by atomic mass is 9.79. The van der Waals surface area contributed by atoms with Crippen molar-refractivity contribution in [2.75, 3.05) is 6.61 Å². The predicted octanol–water partition coefficient (Wildman–Crippen LogP) is 3.50. The van der Waals surface area contributed by atoms with Crippen LogP contribution in [-0.4, -0.2) is 22.7 Å². The molecule has 1 heterocycles. The van der Waals surface area contributed by atoms with Crippen LogP contribution in [0.4, 0.5) is 0 Å². The monoisotopic (exact) mass is 289 g/mol. The van der Waals surface area contributed by atoms with Gasteiger partial charge in [-0.3, -0.25) is 4.79 Å². The van der Waals surface area contributed by atoms with E-state index >= 15 is 0 Å². The quantitative estimate of drug-likeness (QED) is 0.870. The molecule has 0 spiro atoms. The molecular formula is C17H23NO3. The maximum absolute atomic E-state index is 11.7. The lowest BCUT2D eigenvalue weighted by molar-refractivity contribution is -0.140. The molecule has 4 heteroatoms. The first-order valence-corrected chi connectivity index (χ1v) is 7.89. The molecule has 2 saturated carbocycles. The normalized spacial score (nSPS) is 20.1. The molecule has 0 radical (unpaired) electrons. The Hall–Kier alpha value is -1.58. The SMILES string of the molecule is CC(C)COc1ncc(C2CCC2)cc1C1(C(=O)O)CC1. The molecule has 3 rings (SSSR count). The largest absolute Gasteiger partial charge is 0.481 e. The van der Waals surface area contributed by atoms with E-state index in [0.29, 0.717) is 37.2 Å². The number of carboxylic acids is 1. The Morgan fingerprint density at radius 3 is 2.67 bits per heavy atom. The molecule has 114 valence electrons. The van der Waals surface area contributed by atoms with E-state index in [4.69, 9.17) is 4.74 Å². The fourth-order valence-electron chi connectivity index (χ4n) is 2.86. The second-order valence-corrected chi connectivity index (χ2v) is 6.84. The van der Waals surface area contributed by atoms with Gasteiger partial charge in [0.15, 0.2) is 0 Å². The van der Waals surface area contributed by atoms with Crippen LogP contribution in [0.25, 0.3) is 0 Å². The fraction of sp³-hybridized carbons (Fsp3) is 0.647. The molecular weight excluding hydrogens is 266 g/mol. The maximum Gasteiger partial charge on any atom is 0.314 e. The Balaban J connectivity index is 1.93. The molecule has 1 N–H and O–H groups in total. The van der Waals surface area contributed by atoms with Crippen LogP contribution in [0, 0.1) is 5.92 Å². The number of rotatable bonds is 6. The minimum absolute atomic E-state index is 0.394. The van der Waals surface area contributed by atoms with E-state index in [1.807, 2.05) is 12.3 Å². The van der Waals surface area contributed by atoms with Crippen molar-refractivity contribution < 1.29 is 14.6 Å². The highest BCUT2D eigenvalue weighted by Crippen LogP contribution is 2.52. The molecule has 0 aliphatic heterocycles. The van der Waals surface area contributed by atoms with Crippen molar-refractivity contribution in [1.29, 1.82) is 0 Å². The third-order valence-corrected chi connectivity index (χ3v) is 4.68. The smallest absolute Gasteiger partial charge is 0.314 e. The van der Waals surface area contributed by atoms with Crippen molar-refractivity contribution in [2.24, 2.45) is 5.92 Å². The molecule has 0 saturated heterocycles. The summed E-state index contributed by atoms with van der Waals surface area (Å²) >= 11 is 0. The van der Waals surface area contributed by atoms with Crippen molar-refractivity contribution >= 4 is 5.97 Å². The molecule has 0 bridgehead atoms. The van der Waals surface area contributed by atoms with Crippen molar-refractivity contribution in [3.8, 4) is 5.88 Å². The van der Waals surface area contributed by atoms with E-state index in [0.717, 1.165) is 5.56 Å². The van der Waals surface area contributed by atoms with Crippen molar-refractivity contribution in [3.63, 3.8) is 0 Å². The number of pyridine rings is 1. The Bertz CT molecular complexity index is 545. The standard InChI is InChI=1S/C17H23NO3/c1-11(2)10-21-15-14(17(6-7-17)16(19)20)8-13(9-18-15)12-4-3-5-12/h8-9,11-12H,3-7,10H2,1-2H3,(H,19,20). The number of carbonyl (C=O) groups is 1. The zero-order valence-electron chi connectivity index (χ0n) is 12.8. The Morgan fingerprint density at radius 1 is 1.48 bits per heavy atom. The molecule has 2 aliphatic carbocycles. The first kappa shape index (κ1) is 14.4. The zero-order chi connectivity index (χ0) is 15.0. The summed E-state index contributed by atoms with van der Waals surface area (Å²) < 4.78 is 5.79. The van der Waals surface area contributed by atoms with Crippen LogP contribution in [0.15, 0.2) is 12.3 Å². The van der Waals surface area contributed by atoms with E-state index in [9.17, 15) is 9.90 Å². The van der Waals surface area contributed by atoms with E-state index in [-0.39, 0.29) is 0 Å². The summed E-state index contributed by atoms with van der Waals surface area (Å²) in [5.74, 6) is 0.724. The second kappa shape index (κ2) is 5.32. The van der Waals surface area contributed by atoms with Crippen molar-refractivity contribution in [1.82, 2.24) is 4.98 Å². The molecule has 2 aliphatic rings. The van der Waals surface area contributed by atoms with Gasteiger partial charge < -0.3 is 9.84 Å². The Morgan fingerprint density at radius 2 is 2.19 bits per heavy atom. The van der Waals surface area contributed by atoms with Crippen LogP contribution in [0.5, 0.6) is 5.88 Å². The highest BCUT2D eigenvalue weighted by Gasteiger charge is 2.54. The number of hydrogen-bond donors (Lipinski definition) is 1. The highest BCUT2D eigenvalue weighted by atomic mass is 16.5. The van der Waals surface area contributed by atoms with Crippen LogP contribution < -0.4 is 4.74 Å². The van der Waals surface area contributed by atoms with Gasteiger partial charge in [0, 0.05) is 11.8 Å². The molecule has 2 fully saturated rings. The number of aliphatic carboxylic acids is 1. The number of hydrogen-bond acceptors (Lipinski definition) is 3. The molecule has 21 heavy (non-hydrogen) atoms. The lowest BCUT2D eigenvalue weighted by Crippen LogP contribution is -2.23. The van der Waals surface area contributed by atoms with Gasteiger partial charge in [-0.05, 0) is 49.1 Å². The lowest BCUT2D eigenvalue weighted by Gasteiger charge is -2.27. The average Bonchev–Trinajstić information content (AvgIpc) is 3.16. The molecule has 0 atom stereocenters. The molecule has 0 amide bonds. The van der Waals surface area contributed by atoms with E-state index in [2.05, 4.69) is 18.8 Å². The van der Waals surface area contributed by atoms with Gasteiger partial charge in [0.25, 0.3) is 0 Å². The summed E-state index contributed by atoms with van der Waals surface area (Å²) in [5, 5.41) is 9.58. The van der Waals surface area contributed by atoms with Crippen LogP contribution >= 0.6 is 0 Å². The van der Waals surface area contributed by atoms with Gasteiger partial charge >= 0.3 is 5.97 Å². The number of carboxylic acid groups (broad SMARTS) is 1. The zero-order valence-corrected chi connectivity index (χ0v) is 12.8. The third kappa shape index (κ3) is 2.63. The van der Waals surface area contributed by atoms with Gasteiger partial charge in [0.2, 0.25) is 5.88 Å². The van der Waals surface area contributed by atoms with Crippen molar-refractivity contribution in [3.05, 3.63) is 23.4 Å². The van der Waals surface area contributed by atoms with E-state index < -0.39 is 11.4 Å². The number of nitrogens with zero attached hydrogens (tertiary/aromatic N) is 1. The first-order chi connectivity index (χ1) is 10.0. The van der Waals surface area contributed by atoms with Gasteiger partial charge in [0.05, 0.1) is 12.0 Å². The fourth-order valence-corrected chi connectivity index (χ4v) is 2.86. The average molecular weight is 289 g/mol. The van der Waals surface area contributed by atoms with Crippen LogP contribution in [0.2, 0.25) is 0 Å². The third-order valence-electron chi connectivity index (χ3n) is 4.68. The van der Waals surface area contributed by atoms with Crippen LogP contribution in [-0.2, 0) is 10.2 Å². The van der Waals surface area contributed by atoms with Gasteiger partial charge in [0.1, 0.15) is 0 Å². The van der Waals surface area contributed by atoms with Gasteiger partial charge in [-0.25, -0.2) is 4.98 Å². The van der Waals surface area contributed by atoms with Gasteiger partial charge in [-0.15, -0.1) is 0 Å². The minimum Gasteiger partial charge on any atom is -0.481 e. The second-order valence-electron chi connectivity index (χ2n) is 6.84. The summed E-state index contributed by atoms with van der Waals surface area (Å²) in [5.41, 5.74) is 1.22. The summed E-state index contributed by atoms with van der Waals surface area (Å²) in [4.78, 5) is 16.1. The predicted molar refractivity (Wildman–Crippen MR) is 79.7 cm³/mol. The summed E-state index contributed by atoms with van der Waals surface area (Å²) in [6.07, 6.45) is 6.89. The van der Waals surface area contributed by atoms with Gasteiger partial charge in [-0.2, -0.15) is 0 Å². The van der Waals surface area contributed by atoms with Crippen LogP contribution in [0.3, 0.4) is 0 Å². The van der Waals surface area contributed by atoms with Crippen molar-refractivity contribution in [2.45, 2.75) is 57.3 Å². The topological polar surface area (TPSA) is 59.4 Å². The molecule has 1 aromatic rings. The molecule has 0 aromatic carbocycles. The summed E-state index contributed by atoms with van der Waals surface area (Å²) in [6, 6.07) is 2.05. The molecule has 4 nitrogen and oxygen atoms in total. The number of aromatic nitrogens is 1. The molecule has 0 unspecified atom stereocenters.